The summed E-state index contributed by atoms with van der Waals surface area (Å²) in [6.07, 6.45) is 5.29. The Bertz CT molecular complexity index is 895. The monoisotopic (exact) mass is 436 g/mol. The van der Waals surface area contributed by atoms with Crippen molar-refractivity contribution in [1.29, 1.82) is 0 Å². The van der Waals surface area contributed by atoms with Crippen molar-refractivity contribution in [2.24, 2.45) is 11.8 Å². The largest absolute Gasteiger partial charge is 0.497 e. The lowest BCUT2D eigenvalue weighted by atomic mass is 9.77. The van der Waals surface area contributed by atoms with Crippen molar-refractivity contribution in [3.63, 3.8) is 0 Å². The fourth-order valence-electron chi connectivity index (χ4n) is 4.76. The van der Waals surface area contributed by atoms with Crippen molar-refractivity contribution in [2.45, 2.75) is 32.2 Å². The van der Waals surface area contributed by atoms with Gasteiger partial charge < -0.3 is 19.9 Å². The van der Waals surface area contributed by atoms with E-state index in [-0.39, 0.29) is 23.7 Å². The normalized spacial score (nSPS) is 21.2. The highest BCUT2D eigenvalue weighted by atomic mass is 16.5. The van der Waals surface area contributed by atoms with Crippen molar-refractivity contribution >= 4 is 17.5 Å². The van der Waals surface area contributed by atoms with Crippen molar-refractivity contribution < 1.29 is 14.3 Å². The summed E-state index contributed by atoms with van der Waals surface area (Å²) in [5.74, 6) is 0.481. The third kappa shape index (κ3) is 5.21. The van der Waals surface area contributed by atoms with Crippen LogP contribution in [-0.4, -0.2) is 55.0 Å². The highest BCUT2D eigenvalue weighted by Crippen LogP contribution is 2.32. The molecule has 1 aromatic carbocycles. The van der Waals surface area contributed by atoms with Crippen LogP contribution in [0, 0.1) is 11.8 Å². The summed E-state index contributed by atoms with van der Waals surface area (Å²) in [6, 6.07) is 13.7. The van der Waals surface area contributed by atoms with Gasteiger partial charge in [-0.3, -0.25) is 14.6 Å². The van der Waals surface area contributed by atoms with Gasteiger partial charge in [-0.15, -0.1) is 0 Å². The number of hydrogen-bond donors (Lipinski definition) is 1. The van der Waals surface area contributed by atoms with Crippen LogP contribution in [0.5, 0.6) is 5.75 Å². The molecule has 1 N–H and O–H groups in total. The second-order valence-electron chi connectivity index (χ2n) is 8.55. The van der Waals surface area contributed by atoms with Crippen LogP contribution in [0.15, 0.2) is 48.7 Å². The molecule has 2 amide bonds. The number of ether oxygens (including phenoxy) is 1. The minimum absolute atomic E-state index is 0.0226. The van der Waals surface area contributed by atoms with Gasteiger partial charge in [0.1, 0.15) is 5.75 Å². The first-order valence-electron chi connectivity index (χ1n) is 11.5. The van der Waals surface area contributed by atoms with Crippen molar-refractivity contribution in [3.05, 3.63) is 54.4 Å². The Morgan fingerprint density at radius 1 is 1.00 bits per heavy atom. The van der Waals surface area contributed by atoms with E-state index in [4.69, 9.17) is 4.74 Å². The van der Waals surface area contributed by atoms with E-state index >= 15 is 0 Å². The summed E-state index contributed by atoms with van der Waals surface area (Å²) in [5, 5.41) is 3.00. The zero-order chi connectivity index (χ0) is 22.3. The van der Waals surface area contributed by atoms with Crippen LogP contribution in [0.2, 0.25) is 0 Å². The molecule has 0 radical (unpaired) electrons. The smallest absolute Gasteiger partial charge is 0.226 e. The summed E-state index contributed by atoms with van der Waals surface area (Å²) >= 11 is 0. The number of anilines is 1. The van der Waals surface area contributed by atoms with E-state index in [1.807, 2.05) is 35.2 Å². The molecular weight excluding hydrogens is 404 g/mol. The molecule has 0 spiro atoms. The lowest BCUT2D eigenvalue weighted by Gasteiger charge is -2.39. The maximum atomic E-state index is 13.4. The number of pyridine rings is 1. The molecule has 2 heterocycles. The molecule has 2 aromatic rings. The number of hydrogen-bond acceptors (Lipinski definition) is 5. The zero-order valence-corrected chi connectivity index (χ0v) is 18.7. The molecule has 4 rings (SSSR count). The standard InChI is InChI=1S/C25H32N4O3/c1-32-21-11-9-20(10-12-21)28-14-16-29(17-15-28)25(31)23-8-3-2-7-22(23)24(30)27-18-19-6-4-5-13-26-19/h4-6,9-13,22-23H,2-3,7-8,14-18H2,1H3,(H,27,30). The van der Waals surface area contributed by atoms with Crippen molar-refractivity contribution in [1.82, 2.24) is 15.2 Å². The van der Waals surface area contributed by atoms with E-state index in [0.29, 0.717) is 19.6 Å². The molecule has 2 fully saturated rings. The molecule has 32 heavy (non-hydrogen) atoms. The van der Waals surface area contributed by atoms with Gasteiger partial charge in [0.15, 0.2) is 0 Å². The Hall–Kier alpha value is -3.09. The van der Waals surface area contributed by atoms with Gasteiger partial charge in [-0.25, -0.2) is 0 Å². The van der Waals surface area contributed by atoms with Crippen LogP contribution in [0.25, 0.3) is 0 Å². The van der Waals surface area contributed by atoms with Gasteiger partial charge in [0, 0.05) is 49.9 Å². The number of piperazine rings is 1. The molecule has 1 aromatic heterocycles. The predicted octanol–water partition coefficient (Wildman–Crippen LogP) is 2.86. The Morgan fingerprint density at radius 3 is 2.38 bits per heavy atom. The fourth-order valence-corrected chi connectivity index (χ4v) is 4.76. The highest BCUT2D eigenvalue weighted by Gasteiger charge is 2.38. The Morgan fingerprint density at radius 2 is 1.72 bits per heavy atom. The van der Waals surface area contributed by atoms with Crippen molar-refractivity contribution in [3.8, 4) is 5.75 Å². The lowest BCUT2D eigenvalue weighted by molar-refractivity contribution is -0.144. The van der Waals surface area contributed by atoms with Gasteiger partial charge in [0.25, 0.3) is 0 Å². The molecule has 7 heteroatoms. The van der Waals surface area contributed by atoms with Gasteiger partial charge in [0.05, 0.1) is 19.3 Å². The molecule has 2 unspecified atom stereocenters. The van der Waals surface area contributed by atoms with E-state index in [9.17, 15) is 9.59 Å². The maximum absolute atomic E-state index is 13.4. The third-order valence-corrected chi connectivity index (χ3v) is 6.62. The molecule has 7 nitrogen and oxygen atoms in total. The number of nitrogens with one attached hydrogen (secondary N) is 1. The average molecular weight is 437 g/mol. The molecule has 2 aliphatic rings. The van der Waals surface area contributed by atoms with E-state index in [1.54, 1.807) is 13.3 Å². The lowest BCUT2D eigenvalue weighted by Crippen LogP contribution is -2.52. The van der Waals surface area contributed by atoms with Crippen LogP contribution in [0.3, 0.4) is 0 Å². The average Bonchev–Trinajstić information content (AvgIpc) is 2.87. The van der Waals surface area contributed by atoms with Gasteiger partial charge in [-0.05, 0) is 49.2 Å². The van der Waals surface area contributed by atoms with Crippen LogP contribution in [0.1, 0.15) is 31.4 Å². The van der Waals surface area contributed by atoms with Crippen LogP contribution < -0.4 is 15.0 Å². The van der Waals surface area contributed by atoms with E-state index < -0.39 is 0 Å². The molecule has 1 aliphatic carbocycles. The molecule has 1 saturated carbocycles. The topological polar surface area (TPSA) is 74.8 Å². The Kier molecular flexibility index (Phi) is 7.24. The molecule has 0 bridgehead atoms. The van der Waals surface area contributed by atoms with Crippen LogP contribution >= 0.6 is 0 Å². The number of carbonyl (C=O) groups excluding carboxylic acids is 2. The minimum Gasteiger partial charge on any atom is -0.497 e. The highest BCUT2D eigenvalue weighted by molar-refractivity contribution is 5.88. The molecule has 1 saturated heterocycles. The summed E-state index contributed by atoms with van der Waals surface area (Å²) in [7, 11) is 1.66. The summed E-state index contributed by atoms with van der Waals surface area (Å²) in [5.41, 5.74) is 1.97. The quantitative estimate of drug-likeness (QED) is 0.754. The molecule has 1 aliphatic heterocycles. The van der Waals surface area contributed by atoms with Crippen LogP contribution in [0.4, 0.5) is 5.69 Å². The summed E-state index contributed by atoms with van der Waals surface area (Å²) in [4.78, 5) is 34.8. The first-order chi connectivity index (χ1) is 15.7. The summed E-state index contributed by atoms with van der Waals surface area (Å²) < 4.78 is 5.24. The first kappa shape index (κ1) is 22.1. The zero-order valence-electron chi connectivity index (χ0n) is 18.7. The van der Waals surface area contributed by atoms with Crippen LogP contribution in [-0.2, 0) is 16.1 Å². The second-order valence-corrected chi connectivity index (χ2v) is 8.55. The van der Waals surface area contributed by atoms with E-state index in [1.165, 1.54) is 0 Å². The van der Waals surface area contributed by atoms with Gasteiger partial charge >= 0.3 is 0 Å². The number of nitrogens with zero attached hydrogens (tertiary/aromatic N) is 3. The molecular formula is C25H32N4O3. The van der Waals surface area contributed by atoms with Gasteiger partial charge in [0.2, 0.25) is 11.8 Å². The van der Waals surface area contributed by atoms with E-state index in [2.05, 4.69) is 27.3 Å². The number of amides is 2. The first-order valence-corrected chi connectivity index (χ1v) is 11.5. The van der Waals surface area contributed by atoms with Gasteiger partial charge in [-0.2, -0.15) is 0 Å². The number of carbonyl (C=O) groups is 2. The second kappa shape index (κ2) is 10.5. The number of benzene rings is 1. The van der Waals surface area contributed by atoms with E-state index in [0.717, 1.165) is 55.9 Å². The number of aromatic nitrogens is 1. The SMILES string of the molecule is COc1ccc(N2CCN(C(=O)C3CCCCC3C(=O)NCc3ccccn3)CC2)cc1. The summed E-state index contributed by atoms with van der Waals surface area (Å²) in [6.45, 7) is 3.35. The van der Waals surface area contributed by atoms with Crippen molar-refractivity contribution in [2.75, 3.05) is 38.2 Å². The minimum atomic E-state index is -0.250. The number of rotatable bonds is 6. The molecule has 2 atom stereocenters. The maximum Gasteiger partial charge on any atom is 0.226 e. The Balaban J connectivity index is 1.33. The Labute approximate surface area is 189 Å². The predicted molar refractivity (Wildman–Crippen MR) is 123 cm³/mol. The number of methoxy groups -OCH3 is 1. The van der Waals surface area contributed by atoms with Gasteiger partial charge in [-0.1, -0.05) is 18.9 Å². The third-order valence-electron chi connectivity index (χ3n) is 6.62. The fraction of sp³-hybridized carbons (Fsp3) is 0.480. The molecule has 170 valence electrons.